The number of aromatic hydroxyl groups is 1. The zero-order valence-electron chi connectivity index (χ0n) is 13.8. The van der Waals surface area contributed by atoms with Gasteiger partial charge < -0.3 is 9.94 Å². The van der Waals surface area contributed by atoms with E-state index in [1.807, 2.05) is 6.92 Å². The number of rotatable bonds is 4. The Morgan fingerprint density at radius 2 is 2.08 bits per heavy atom. The van der Waals surface area contributed by atoms with Gasteiger partial charge in [0.15, 0.2) is 9.84 Å². The summed E-state index contributed by atoms with van der Waals surface area (Å²) >= 11 is 0. The fraction of sp³-hybridized carbons (Fsp3) is 0.375. The Morgan fingerprint density at radius 3 is 2.62 bits per heavy atom. The highest BCUT2D eigenvalue weighted by Gasteiger charge is 2.24. The van der Waals surface area contributed by atoms with E-state index >= 15 is 0 Å². The molecule has 7 nitrogen and oxygen atoms in total. The lowest BCUT2D eigenvalue weighted by Crippen LogP contribution is -2.12. The van der Waals surface area contributed by atoms with Crippen molar-refractivity contribution in [2.75, 3.05) is 12.9 Å². The molecular formula is C16H19N3O4S. The minimum atomic E-state index is -3.39. The maximum Gasteiger partial charge on any atom is 0.212 e. The molecule has 1 aromatic heterocycles. The average Bonchev–Trinajstić information content (AvgIpc) is 3.13. The maximum atomic E-state index is 12.1. The molecule has 3 rings (SSSR count). The van der Waals surface area contributed by atoms with Gasteiger partial charge in [-0.3, -0.25) is 0 Å². The third-order valence-electron chi connectivity index (χ3n) is 4.19. The molecule has 0 saturated carbocycles. The number of sulfone groups is 1. The monoisotopic (exact) mass is 349 g/mol. The SMILES string of the molecule is Cc1c(Cc2cnn(C)c2O)ccc(S(C)(=O)=O)c1C1=NOCC1. The number of aromatic nitrogens is 2. The van der Waals surface area contributed by atoms with Crippen LogP contribution in [0.2, 0.25) is 0 Å². The van der Waals surface area contributed by atoms with Crippen LogP contribution in [0.3, 0.4) is 0 Å². The molecule has 8 heteroatoms. The van der Waals surface area contributed by atoms with E-state index in [9.17, 15) is 13.5 Å². The predicted molar refractivity (Wildman–Crippen MR) is 89.1 cm³/mol. The molecule has 0 aliphatic carbocycles. The predicted octanol–water partition coefficient (Wildman–Crippen LogP) is 1.55. The molecule has 1 aromatic carbocycles. The fourth-order valence-corrected chi connectivity index (χ4v) is 3.83. The van der Waals surface area contributed by atoms with Crippen molar-refractivity contribution < 1.29 is 18.4 Å². The van der Waals surface area contributed by atoms with Gasteiger partial charge in [0.25, 0.3) is 0 Å². The molecule has 2 aromatic rings. The van der Waals surface area contributed by atoms with Crippen LogP contribution in [0.5, 0.6) is 5.88 Å². The molecule has 0 amide bonds. The largest absolute Gasteiger partial charge is 0.493 e. The van der Waals surface area contributed by atoms with Crippen molar-refractivity contribution in [2.45, 2.75) is 24.7 Å². The van der Waals surface area contributed by atoms with Gasteiger partial charge in [-0.1, -0.05) is 11.2 Å². The number of benzene rings is 1. The van der Waals surface area contributed by atoms with E-state index in [2.05, 4.69) is 10.3 Å². The first-order valence-electron chi connectivity index (χ1n) is 7.50. The van der Waals surface area contributed by atoms with Gasteiger partial charge in [0.05, 0.1) is 16.8 Å². The fourth-order valence-electron chi connectivity index (χ4n) is 2.88. The summed E-state index contributed by atoms with van der Waals surface area (Å²) in [5, 5.41) is 18.0. The summed E-state index contributed by atoms with van der Waals surface area (Å²) in [7, 11) is -1.73. The van der Waals surface area contributed by atoms with E-state index in [1.165, 1.54) is 10.9 Å². The zero-order valence-corrected chi connectivity index (χ0v) is 14.6. The van der Waals surface area contributed by atoms with Gasteiger partial charge >= 0.3 is 0 Å². The minimum Gasteiger partial charge on any atom is -0.493 e. The number of oxime groups is 1. The topological polar surface area (TPSA) is 93.8 Å². The van der Waals surface area contributed by atoms with Crippen molar-refractivity contribution >= 4 is 15.5 Å². The van der Waals surface area contributed by atoms with Crippen molar-refractivity contribution in [3.05, 3.63) is 40.6 Å². The molecule has 1 N–H and O–H groups in total. The van der Waals surface area contributed by atoms with Gasteiger partial charge in [-0.05, 0) is 24.1 Å². The molecule has 0 bridgehead atoms. The normalized spacial score (nSPS) is 14.5. The van der Waals surface area contributed by atoms with Gasteiger partial charge in [-0.15, -0.1) is 0 Å². The molecule has 0 atom stereocenters. The van der Waals surface area contributed by atoms with Crippen LogP contribution in [0.4, 0.5) is 0 Å². The van der Waals surface area contributed by atoms with E-state index in [-0.39, 0.29) is 10.8 Å². The van der Waals surface area contributed by atoms with Gasteiger partial charge in [0.1, 0.15) is 6.61 Å². The second-order valence-corrected chi connectivity index (χ2v) is 7.89. The van der Waals surface area contributed by atoms with E-state index in [1.54, 1.807) is 25.4 Å². The van der Waals surface area contributed by atoms with Crippen LogP contribution in [-0.2, 0) is 28.1 Å². The number of hydrogen-bond acceptors (Lipinski definition) is 6. The van der Waals surface area contributed by atoms with Crippen LogP contribution in [0, 0.1) is 6.92 Å². The maximum absolute atomic E-state index is 12.1. The van der Waals surface area contributed by atoms with Crippen molar-refractivity contribution in [3.8, 4) is 5.88 Å². The van der Waals surface area contributed by atoms with Gasteiger partial charge in [-0.2, -0.15) is 5.10 Å². The molecule has 1 aliphatic rings. The third-order valence-corrected chi connectivity index (χ3v) is 5.33. The molecule has 0 fully saturated rings. The van der Waals surface area contributed by atoms with Crippen molar-refractivity contribution in [2.24, 2.45) is 12.2 Å². The molecule has 2 heterocycles. The quantitative estimate of drug-likeness (QED) is 0.904. The van der Waals surface area contributed by atoms with Crippen molar-refractivity contribution in [1.82, 2.24) is 9.78 Å². The highest BCUT2D eigenvalue weighted by Crippen LogP contribution is 2.29. The second kappa shape index (κ2) is 5.94. The molecule has 0 spiro atoms. The summed E-state index contributed by atoms with van der Waals surface area (Å²) in [5.41, 5.74) is 3.67. The van der Waals surface area contributed by atoms with Crippen molar-refractivity contribution in [3.63, 3.8) is 0 Å². The van der Waals surface area contributed by atoms with Crippen molar-refractivity contribution in [1.29, 1.82) is 0 Å². The Labute approximate surface area is 140 Å². The van der Waals surface area contributed by atoms with Crippen LogP contribution in [0.15, 0.2) is 28.4 Å². The first-order valence-corrected chi connectivity index (χ1v) is 9.39. The average molecular weight is 349 g/mol. The van der Waals surface area contributed by atoms with E-state index < -0.39 is 9.84 Å². The molecule has 128 valence electrons. The smallest absolute Gasteiger partial charge is 0.212 e. The summed E-state index contributed by atoms with van der Waals surface area (Å²) < 4.78 is 25.7. The molecule has 0 radical (unpaired) electrons. The van der Waals surface area contributed by atoms with Gasteiger partial charge in [0, 0.05) is 37.3 Å². The third kappa shape index (κ3) is 2.89. The summed E-state index contributed by atoms with van der Waals surface area (Å²) in [6.45, 7) is 2.32. The number of nitrogens with zero attached hydrogens (tertiary/aromatic N) is 3. The highest BCUT2D eigenvalue weighted by molar-refractivity contribution is 7.90. The van der Waals surface area contributed by atoms with E-state index in [4.69, 9.17) is 4.84 Å². The van der Waals surface area contributed by atoms with Crippen LogP contribution in [0.25, 0.3) is 0 Å². The Bertz CT molecular complexity index is 929. The summed E-state index contributed by atoms with van der Waals surface area (Å²) in [6.07, 6.45) is 3.82. The summed E-state index contributed by atoms with van der Waals surface area (Å²) in [4.78, 5) is 5.31. The lowest BCUT2D eigenvalue weighted by molar-refractivity contribution is 0.174. The lowest BCUT2D eigenvalue weighted by Gasteiger charge is -2.14. The molecule has 0 saturated heterocycles. The molecule has 1 aliphatic heterocycles. The molecule has 0 unspecified atom stereocenters. The first kappa shape index (κ1) is 16.5. The van der Waals surface area contributed by atoms with Crippen LogP contribution >= 0.6 is 0 Å². The minimum absolute atomic E-state index is 0.102. The van der Waals surface area contributed by atoms with E-state index in [0.717, 1.165) is 11.1 Å². The Kier molecular flexibility index (Phi) is 4.08. The lowest BCUT2D eigenvalue weighted by atomic mass is 9.94. The first-order chi connectivity index (χ1) is 11.3. The number of hydrogen-bond donors (Lipinski definition) is 1. The molecular weight excluding hydrogens is 330 g/mol. The second-order valence-electron chi connectivity index (χ2n) is 5.91. The zero-order chi connectivity index (χ0) is 17.5. The number of aryl methyl sites for hydroxylation is 1. The van der Waals surface area contributed by atoms with Gasteiger partial charge in [-0.25, -0.2) is 13.1 Å². The Balaban J connectivity index is 2.13. The summed E-state index contributed by atoms with van der Waals surface area (Å²) in [5.74, 6) is 0.102. The van der Waals surface area contributed by atoms with Crippen LogP contribution in [-0.4, -0.2) is 41.9 Å². The summed E-state index contributed by atoms with van der Waals surface area (Å²) in [6, 6.07) is 3.37. The van der Waals surface area contributed by atoms with Crippen LogP contribution < -0.4 is 0 Å². The van der Waals surface area contributed by atoms with E-state index in [0.29, 0.717) is 36.3 Å². The van der Waals surface area contributed by atoms with Crippen LogP contribution in [0.1, 0.15) is 28.7 Å². The van der Waals surface area contributed by atoms with Gasteiger partial charge in [0.2, 0.25) is 5.88 Å². The Hall–Kier alpha value is -2.35. The highest BCUT2D eigenvalue weighted by atomic mass is 32.2. The standard InChI is InChI=1S/C16H19N3O4S/c1-10-11(8-12-9-17-19(2)16(12)20)4-5-14(24(3,21)22)15(10)13-6-7-23-18-13/h4-5,9,20H,6-8H2,1-3H3. The Morgan fingerprint density at radius 1 is 1.33 bits per heavy atom. The molecule has 24 heavy (non-hydrogen) atoms.